The Labute approximate surface area is 172 Å². The minimum Gasteiger partial charge on any atom is -0.351 e. The summed E-state index contributed by atoms with van der Waals surface area (Å²) in [5, 5.41) is 1.06. The minimum absolute atomic E-state index is 0.0449. The third-order valence-electron chi connectivity index (χ3n) is 6.25. The van der Waals surface area contributed by atoms with E-state index < -0.39 is 0 Å². The third kappa shape index (κ3) is 4.47. The molecule has 1 aromatic heterocycles. The van der Waals surface area contributed by atoms with E-state index in [1.165, 1.54) is 12.0 Å². The van der Waals surface area contributed by atoms with Crippen LogP contribution in [0.15, 0.2) is 24.3 Å². The van der Waals surface area contributed by atoms with Crippen LogP contribution in [0.2, 0.25) is 0 Å². The molecule has 2 aliphatic heterocycles. The van der Waals surface area contributed by atoms with Gasteiger partial charge in [-0.15, -0.1) is 0 Å². The summed E-state index contributed by atoms with van der Waals surface area (Å²) >= 11 is 0. The molecule has 2 amide bonds. The molecule has 2 aromatic rings. The molecule has 6 nitrogen and oxygen atoms in total. The SMILES string of the molecule is Cc1ccc2cc(C(=O)N3CCN(CC(=O)N4C[C@H](C)C[C@H](C)C4)CC3)[nH]c2c1. The van der Waals surface area contributed by atoms with Crippen molar-refractivity contribution in [3.63, 3.8) is 0 Å². The van der Waals surface area contributed by atoms with Gasteiger partial charge in [0.2, 0.25) is 5.91 Å². The van der Waals surface area contributed by atoms with Crippen LogP contribution in [0.1, 0.15) is 36.3 Å². The van der Waals surface area contributed by atoms with E-state index in [1.807, 2.05) is 28.9 Å². The molecule has 2 atom stereocenters. The zero-order valence-corrected chi connectivity index (χ0v) is 17.8. The molecule has 2 aliphatic rings. The average molecular weight is 397 g/mol. The zero-order valence-electron chi connectivity index (χ0n) is 17.8. The number of H-pyrrole nitrogens is 1. The molecule has 156 valence electrons. The third-order valence-corrected chi connectivity index (χ3v) is 6.25. The topological polar surface area (TPSA) is 59.7 Å². The van der Waals surface area contributed by atoms with Gasteiger partial charge in [-0.2, -0.15) is 0 Å². The Balaban J connectivity index is 1.31. The predicted molar refractivity (Wildman–Crippen MR) is 115 cm³/mol. The summed E-state index contributed by atoms with van der Waals surface area (Å²) in [5.74, 6) is 1.44. The van der Waals surface area contributed by atoms with E-state index in [2.05, 4.69) is 35.9 Å². The number of nitrogens with zero attached hydrogens (tertiary/aromatic N) is 3. The van der Waals surface area contributed by atoms with Crippen LogP contribution in [0.25, 0.3) is 10.9 Å². The minimum atomic E-state index is 0.0449. The molecular weight excluding hydrogens is 364 g/mol. The molecule has 0 bridgehead atoms. The highest BCUT2D eigenvalue weighted by atomic mass is 16.2. The lowest BCUT2D eigenvalue weighted by Gasteiger charge is -2.38. The number of likely N-dealkylation sites (tertiary alicyclic amines) is 1. The Morgan fingerprint density at radius 2 is 1.69 bits per heavy atom. The van der Waals surface area contributed by atoms with E-state index in [4.69, 9.17) is 0 Å². The summed E-state index contributed by atoms with van der Waals surface area (Å²) in [7, 11) is 0. The number of hydrogen-bond acceptors (Lipinski definition) is 3. The van der Waals surface area contributed by atoms with Crippen LogP contribution in [-0.2, 0) is 4.79 Å². The number of aromatic nitrogens is 1. The molecule has 2 fully saturated rings. The number of aromatic amines is 1. The molecule has 3 heterocycles. The molecule has 0 unspecified atom stereocenters. The Bertz CT molecular complexity index is 887. The molecular formula is C23H32N4O2. The van der Waals surface area contributed by atoms with Crippen molar-refractivity contribution >= 4 is 22.7 Å². The fourth-order valence-corrected chi connectivity index (χ4v) is 4.79. The van der Waals surface area contributed by atoms with Crippen molar-refractivity contribution in [2.24, 2.45) is 11.8 Å². The summed E-state index contributed by atoms with van der Waals surface area (Å²) < 4.78 is 0. The smallest absolute Gasteiger partial charge is 0.270 e. The standard InChI is InChI=1S/C23H32N4O2/c1-16-4-5-19-12-21(24-20(19)11-16)23(29)26-8-6-25(7-9-26)15-22(28)27-13-17(2)10-18(3)14-27/h4-5,11-12,17-18,24H,6-10,13-15H2,1-3H3/t17-,18+. The van der Waals surface area contributed by atoms with Gasteiger partial charge in [-0.3, -0.25) is 14.5 Å². The van der Waals surface area contributed by atoms with E-state index in [1.54, 1.807) is 0 Å². The second kappa shape index (κ2) is 8.19. The highest BCUT2D eigenvalue weighted by Crippen LogP contribution is 2.21. The summed E-state index contributed by atoms with van der Waals surface area (Å²) in [4.78, 5) is 35.0. The Morgan fingerprint density at radius 1 is 1.00 bits per heavy atom. The molecule has 0 radical (unpaired) electrons. The zero-order chi connectivity index (χ0) is 20.5. The van der Waals surface area contributed by atoms with Gasteiger partial charge in [0.25, 0.3) is 5.91 Å². The molecule has 1 aromatic carbocycles. The van der Waals surface area contributed by atoms with Crippen molar-refractivity contribution < 1.29 is 9.59 Å². The second-order valence-corrected chi connectivity index (χ2v) is 9.09. The van der Waals surface area contributed by atoms with Crippen LogP contribution < -0.4 is 0 Å². The second-order valence-electron chi connectivity index (χ2n) is 9.09. The van der Waals surface area contributed by atoms with Gasteiger partial charge in [0.15, 0.2) is 0 Å². The number of carbonyl (C=O) groups excluding carboxylic acids is 2. The number of rotatable bonds is 3. The average Bonchev–Trinajstić information content (AvgIpc) is 3.10. The molecule has 0 spiro atoms. The number of fused-ring (bicyclic) bond motifs is 1. The van der Waals surface area contributed by atoms with Crippen molar-refractivity contribution in [3.05, 3.63) is 35.5 Å². The van der Waals surface area contributed by atoms with Gasteiger partial charge >= 0.3 is 0 Å². The fourth-order valence-electron chi connectivity index (χ4n) is 4.79. The van der Waals surface area contributed by atoms with Crippen LogP contribution >= 0.6 is 0 Å². The monoisotopic (exact) mass is 396 g/mol. The van der Waals surface area contributed by atoms with Gasteiger partial charge in [-0.1, -0.05) is 26.0 Å². The Hall–Kier alpha value is -2.34. The molecule has 4 rings (SSSR count). The van der Waals surface area contributed by atoms with Crippen LogP contribution in [-0.4, -0.2) is 77.3 Å². The van der Waals surface area contributed by atoms with Crippen LogP contribution in [0.3, 0.4) is 0 Å². The summed E-state index contributed by atoms with van der Waals surface area (Å²) in [6, 6.07) is 8.11. The Kier molecular flexibility index (Phi) is 5.63. The number of hydrogen-bond donors (Lipinski definition) is 1. The van der Waals surface area contributed by atoms with E-state index >= 15 is 0 Å². The van der Waals surface area contributed by atoms with Crippen LogP contribution in [0, 0.1) is 18.8 Å². The summed E-state index contributed by atoms with van der Waals surface area (Å²) in [6.07, 6.45) is 1.21. The van der Waals surface area contributed by atoms with Crippen LogP contribution in [0.4, 0.5) is 0 Å². The summed E-state index contributed by atoms with van der Waals surface area (Å²) in [6.45, 7) is 11.5. The molecule has 2 saturated heterocycles. The van der Waals surface area contributed by atoms with Crippen molar-refractivity contribution in [3.8, 4) is 0 Å². The van der Waals surface area contributed by atoms with E-state index in [0.717, 1.165) is 37.1 Å². The normalized spacial score (nSPS) is 23.6. The number of piperidine rings is 1. The number of aryl methyl sites for hydroxylation is 1. The maximum absolute atomic E-state index is 12.9. The molecule has 29 heavy (non-hydrogen) atoms. The fraction of sp³-hybridized carbons (Fsp3) is 0.565. The highest BCUT2D eigenvalue weighted by Gasteiger charge is 2.28. The van der Waals surface area contributed by atoms with E-state index in [-0.39, 0.29) is 11.8 Å². The number of benzene rings is 1. The molecule has 0 saturated carbocycles. The quantitative estimate of drug-likeness (QED) is 0.868. The molecule has 0 aliphatic carbocycles. The summed E-state index contributed by atoms with van der Waals surface area (Å²) in [5.41, 5.74) is 2.82. The largest absolute Gasteiger partial charge is 0.351 e. The lowest BCUT2D eigenvalue weighted by Crippen LogP contribution is -2.53. The first kappa shape index (κ1) is 20.0. The number of nitrogens with one attached hydrogen (secondary N) is 1. The first-order valence-electron chi connectivity index (χ1n) is 10.8. The van der Waals surface area contributed by atoms with Crippen molar-refractivity contribution in [2.75, 3.05) is 45.8 Å². The maximum atomic E-state index is 12.9. The van der Waals surface area contributed by atoms with Gasteiger partial charge in [-0.25, -0.2) is 0 Å². The Morgan fingerprint density at radius 3 is 2.38 bits per heavy atom. The van der Waals surface area contributed by atoms with Crippen molar-refractivity contribution in [2.45, 2.75) is 27.2 Å². The van der Waals surface area contributed by atoms with E-state index in [9.17, 15) is 9.59 Å². The predicted octanol–water partition coefficient (Wildman–Crippen LogP) is 2.74. The molecule has 6 heteroatoms. The van der Waals surface area contributed by atoms with Gasteiger partial charge < -0.3 is 14.8 Å². The first-order chi connectivity index (χ1) is 13.9. The van der Waals surface area contributed by atoms with Gasteiger partial charge in [0, 0.05) is 50.2 Å². The van der Waals surface area contributed by atoms with Gasteiger partial charge in [-0.05, 0) is 42.9 Å². The number of carbonyl (C=O) groups is 2. The molecule has 1 N–H and O–H groups in total. The van der Waals surface area contributed by atoms with E-state index in [0.29, 0.717) is 37.2 Å². The number of amides is 2. The van der Waals surface area contributed by atoms with Gasteiger partial charge in [0.05, 0.1) is 6.54 Å². The van der Waals surface area contributed by atoms with Gasteiger partial charge in [0.1, 0.15) is 5.69 Å². The maximum Gasteiger partial charge on any atom is 0.270 e. The van der Waals surface area contributed by atoms with Crippen molar-refractivity contribution in [1.82, 2.24) is 19.7 Å². The number of piperazine rings is 1. The highest BCUT2D eigenvalue weighted by molar-refractivity contribution is 5.98. The van der Waals surface area contributed by atoms with Crippen LogP contribution in [0.5, 0.6) is 0 Å². The first-order valence-corrected chi connectivity index (χ1v) is 10.8. The lowest BCUT2D eigenvalue weighted by molar-refractivity contribution is -0.135. The van der Waals surface area contributed by atoms with Crippen molar-refractivity contribution in [1.29, 1.82) is 0 Å². The lowest BCUT2D eigenvalue weighted by atomic mass is 9.92.